The predicted molar refractivity (Wildman–Crippen MR) is 85.5 cm³/mol. The molecule has 3 N–H and O–H groups in total. The quantitative estimate of drug-likeness (QED) is 0.861. The van der Waals surface area contributed by atoms with Crippen molar-refractivity contribution >= 4 is 12.4 Å². The highest BCUT2D eigenvalue weighted by Gasteiger charge is 2.08. The number of benzene rings is 2. The molecule has 0 heterocycles. The molecule has 0 saturated heterocycles. The van der Waals surface area contributed by atoms with Crippen molar-refractivity contribution in [2.75, 3.05) is 13.7 Å². The van der Waals surface area contributed by atoms with Crippen LogP contribution in [-0.2, 0) is 6.42 Å². The lowest BCUT2D eigenvalue weighted by Crippen LogP contribution is -2.26. The first-order chi connectivity index (χ1) is 9.72. The summed E-state index contributed by atoms with van der Waals surface area (Å²) in [5.74, 6) is 2.27. The minimum Gasteiger partial charge on any atom is -0.497 e. The normalized spacial score (nSPS) is 11.4. The molecule has 0 bridgehead atoms. The Morgan fingerprint density at radius 1 is 1.05 bits per heavy atom. The molecule has 0 radical (unpaired) electrons. The highest BCUT2D eigenvalue weighted by molar-refractivity contribution is 5.85. The van der Waals surface area contributed by atoms with Crippen molar-refractivity contribution in [3.05, 3.63) is 54.1 Å². The monoisotopic (exact) mass is 309 g/mol. The summed E-state index contributed by atoms with van der Waals surface area (Å²) in [7, 11) is 1.63. The number of aliphatic hydroxyl groups excluding tert-OH is 1. The van der Waals surface area contributed by atoms with Gasteiger partial charge in [-0.2, -0.15) is 0 Å². The van der Waals surface area contributed by atoms with Gasteiger partial charge in [-0.25, -0.2) is 0 Å². The molecule has 1 unspecified atom stereocenters. The number of methoxy groups -OCH3 is 1. The van der Waals surface area contributed by atoms with E-state index in [0.717, 1.165) is 22.8 Å². The maximum Gasteiger partial charge on any atom is 0.130 e. The number of nitrogens with two attached hydrogens (primary N) is 1. The van der Waals surface area contributed by atoms with Crippen molar-refractivity contribution in [3.8, 4) is 17.2 Å². The zero-order valence-electron chi connectivity index (χ0n) is 11.9. The lowest BCUT2D eigenvalue weighted by molar-refractivity contribution is 0.264. The summed E-state index contributed by atoms with van der Waals surface area (Å²) < 4.78 is 11.0. The van der Waals surface area contributed by atoms with Gasteiger partial charge >= 0.3 is 0 Å². The van der Waals surface area contributed by atoms with E-state index in [2.05, 4.69) is 0 Å². The summed E-state index contributed by atoms with van der Waals surface area (Å²) in [5.41, 5.74) is 6.76. The molecule has 0 aromatic heterocycles. The fraction of sp³-hybridized carbons (Fsp3) is 0.250. The maximum atomic E-state index is 9.05. The van der Waals surface area contributed by atoms with Gasteiger partial charge in [0.1, 0.15) is 17.2 Å². The molecular weight excluding hydrogens is 290 g/mol. The lowest BCUT2D eigenvalue weighted by Gasteiger charge is -2.14. The van der Waals surface area contributed by atoms with E-state index >= 15 is 0 Å². The Bertz CT molecular complexity index is 545. The van der Waals surface area contributed by atoms with E-state index in [1.165, 1.54) is 0 Å². The summed E-state index contributed by atoms with van der Waals surface area (Å²) in [6.07, 6.45) is 0.572. The second kappa shape index (κ2) is 8.52. The second-order valence-corrected chi connectivity index (χ2v) is 4.53. The largest absolute Gasteiger partial charge is 0.497 e. The fourth-order valence-electron chi connectivity index (χ4n) is 1.89. The molecule has 0 saturated carbocycles. The highest BCUT2D eigenvalue weighted by Crippen LogP contribution is 2.27. The van der Waals surface area contributed by atoms with Crippen LogP contribution >= 0.6 is 12.4 Å². The first-order valence-electron chi connectivity index (χ1n) is 6.49. The van der Waals surface area contributed by atoms with Gasteiger partial charge in [0, 0.05) is 6.04 Å². The van der Waals surface area contributed by atoms with Crippen LogP contribution < -0.4 is 15.2 Å². The third-order valence-corrected chi connectivity index (χ3v) is 2.98. The van der Waals surface area contributed by atoms with Gasteiger partial charge in [0.05, 0.1) is 13.7 Å². The summed E-state index contributed by atoms with van der Waals surface area (Å²) in [4.78, 5) is 0. The van der Waals surface area contributed by atoms with E-state index in [1.807, 2.05) is 48.5 Å². The molecular formula is C16H20ClNO3. The van der Waals surface area contributed by atoms with Crippen LogP contribution in [0.25, 0.3) is 0 Å². The van der Waals surface area contributed by atoms with Crippen LogP contribution in [0.5, 0.6) is 17.2 Å². The molecule has 0 aliphatic rings. The van der Waals surface area contributed by atoms with Gasteiger partial charge in [0.15, 0.2) is 0 Å². The smallest absolute Gasteiger partial charge is 0.130 e. The average Bonchev–Trinajstić information content (AvgIpc) is 2.50. The summed E-state index contributed by atoms with van der Waals surface area (Å²) >= 11 is 0. The van der Waals surface area contributed by atoms with Gasteiger partial charge < -0.3 is 20.3 Å². The van der Waals surface area contributed by atoms with Crippen LogP contribution in [-0.4, -0.2) is 24.9 Å². The van der Waals surface area contributed by atoms with Gasteiger partial charge in [0.2, 0.25) is 0 Å². The summed E-state index contributed by atoms with van der Waals surface area (Å²) in [5, 5.41) is 9.05. The molecule has 0 aliphatic carbocycles. The molecule has 2 aromatic rings. The van der Waals surface area contributed by atoms with Gasteiger partial charge in [-0.15, -0.1) is 12.4 Å². The van der Waals surface area contributed by atoms with Crippen LogP contribution in [0, 0.1) is 0 Å². The molecule has 2 rings (SSSR count). The Balaban J connectivity index is 0.00000220. The van der Waals surface area contributed by atoms with Crippen molar-refractivity contribution < 1.29 is 14.6 Å². The van der Waals surface area contributed by atoms with E-state index in [9.17, 15) is 0 Å². The summed E-state index contributed by atoms with van der Waals surface area (Å²) in [6.45, 7) is -0.0448. The number of para-hydroxylation sites is 1. The first-order valence-corrected chi connectivity index (χ1v) is 6.49. The number of aliphatic hydroxyl groups is 1. The van der Waals surface area contributed by atoms with Crippen LogP contribution in [0.4, 0.5) is 0 Å². The minimum absolute atomic E-state index is 0. The lowest BCUT2D eigenvalue weighted by atomic mass is 10.1. The van der Waals surface area contributed by atoms with Crippen molar-refractivity contribution in [2.24, 2.45) is 5.73 Å². The van der Waals surface area contributed by atoms with Gasteiger partial charge in [0.25, 0.3) is 0 Å². The van der Waals surface area contributed by atoms with Crippen molar-refractivity contribution in [2.45, 2.75) is 12.5 Å². The second-order valence-electron chi connectivity index (χ2n) is 4.53. The Hall–Kier alpha value is -1.75. The Morgan fingerprint density at radius 2 is 1.67 bits per heavy atom. The van der Waals surface area contributed by atoms with E-state index in [1.54, 1.807) is 7.11 Å². The molecule has 21 heavy (non-hydrogen) atoms. The number of hydrogen-bond donors (Lipinski definition) is 2. The first kappa shape index (κ1) is 17.3. The molecule has 0 fully saturated rings. The standard InChI is InChI=1S/C16H19NO3.ClH/c1-19-14-6-8-15(9-7-14)20-16-5-3-2-4-12(16)10-13(17)11-18;/h2-9,13,18H,10-11,17H2,1H3;1H. The molecule has 0 spiro atoms. The minimum atomic E-state index is -0.282. The van der Waals surface area contributed by atoms with Crippen LogP contribution in [0.15, 0.2) is 48.5 Å². The predicted octanol–water partition coefficient (Wildman–Crippen LogP) is 2.77. The maximum absolute atomic E-state index is 9.05. The van der Waals surface area contributed by atoms with Crippen molar-refractivity contribution in [1.29, 1.82) is 0 Å². The number of hydrogen-bond acceptors (Lipinski definition) is 4. The Morgan fingerprint density at radius 3 is 2.29 bits per heavy atom. The van der Waals surface area contributed by atoms with Crippen LogP contribution in [0.2, 0.25) is 0 Å². The third kappa shape index (κ3) is 4.93. The summed E-state index contributed by atoms with van der Waals surface area (Å²) in [6, 6.07) is 14.8. The molecule has 2 aromatic carbocycles. The number of halogens is 1. The van der Waals surface area contributed by atoms with Crippen molar-refractivity contribution in [3.63, 3.8) is 0 Å². The van der Waals surface area contributed by atoms with Crippen LogP contribution in [0.3, 0.4) is 0 Å². The number of ether oxygens (including phenoxy) is 2. The zero-order chi connectivity index (χ0) is 14.4. The van der Waals surface area contributed by atoms with Crippen molar-refractivity contribution in [1.82, 2.24) is 0 Å². The Labute approximate surface area is 130 Å². The molecule has 4 nitrogen and oxygen atoms in total. The van der Waals surface area contributed by atoms with Gasteiger partial charge in [-0.1, -0.05) is 18.2 Å². The fourth-order valence-corrected chi connectivity index (χ4v) is 1.89. The number of rotatable bonds is 6. The van der Waals surface area contributed by atoms with E-state index in [0.29, 0.717) is 6.42 Å². The van der Waals surface area contributed by atoms with E-state index < -0.39 is 0 Å². The Kier molecular flexibility index (Phi) is 7.02. The average molecular weight is 310 g/mol. The zero-order valence-corrected chi connectivity index (χ0v) is 12.7. The topological polar surface area (TPSA) is 64.7 Å². The highest BCUT2D eigenvalue weighted by atomic mass is 35.5. The van der Waals surface area contributed by atoms with Crippen LogP contribution in [0.1, 0.15) is 5.56 Å². The van der Waals surface area contributed by atoms with Gasteiger partial charge in [-0.05, 0) is 42.3 Å². The van der Waals surface area contributed by atoms with E-state index in [-0.39, 0.29) is 25.1 Å². The molecule has 1 atom stereocenters. The van der Waals surface area contributed by atoms with Gasteiger partial charge in [-0.3, -0.25) is 0 Å². The molecule has 0 amide bonds. The third-order valence-electron chi connectivity index (χ3n) is 2.98. The molecule has 114 valence electrons. The molecule has 5 heteroatoms. The van der Waals surface area contributed by atoms with E-state index in [4.69, 9.17) is 20.3 Å². The SMILES string of the molecule is COc1ccc(Oc2ccccc2CC(N)CO)cc1.Cl. The molecule has 0 aliphatic heterocycles.